The Morgan fingerprint density at radius 1 is 1.27 bits per heavy atom. The lowest BCUT2D eigenvalue weighted by molar-refractivity contribution is 0.0526. The summed E-state index contributed by atoms with van der Waals surface area (Å²) >= 11 is 0. The number of para-hydroxylation sites is 2. The summed E-state index contributed by atoms with van der Waals surface area (Å²) in [5.74, 6) is 0.0530. The average molecular weight is 353 g/mol. The maximum absolute atomic E-state index is 12.9. The summed E-state index contributed by atoms with van der Waals surface area (Å²) < 4.78 is 17.4. The highest BCUT2D eigenvalue weighted by atomic mass is 16.5. The van der Waals surface area contributed by atoms with Gasteiger partial charge in [-0.25, -0.2) is 14.8 Å². The number of benzene rings is 1. The molecule has 0 atom stereocenters. The molecule has 0 bridgehead atoms. The molecule has 0 saturated carbocycles. The summed E-state index contributed by atoms with van der Waals surface area (Å²) in [6, 6.07) is 7.32. The molecule has 0 N–H and O–H groups in total. The van der Waals surface area contributed by atoms with Crippen molar-refractivity contribution in [3.63, 3.8) is 0 Å². The van der Waals surface area contributed by atoms with Gasteiger partial charge in [-0.1, -0.05) is 12.1 Å². The van der Waals surface area contributed by atoms with Crippen molar-refractivity contribution in [1.82, 2.24) is 14.5 Å². The normalized spacial score (nSPS) is 11.3. The van der Waals surface area contributed by atoms with E-state index in [1.54, 1.807) is 19.9 Å². The molecule has 0 amide bonds. The minimum atomic E-state index is -0.609. The van der Waals surface area contributed by atoms with E-state index < -0.39 is 11.5 Å². The number of nitrogens with zero attached hydrogens (tertiary/aromatic N) is 3. The highest BCUT2D eigenvalue weighted by Gasteiger charge is 2.24. The van der Waals surface area contributed by atoms with Crippen LogP contribution in [-0.4, -0.2) is 27.1 Å². The molecule has 1 aromatic carbocycles. The van der Waals surface area contributed by atoms with Crippen LogP contribution in [-0.2, 0) is 11.3 Å². The zero-order valence-corrected chi connectivity index (χ0v) is 14.2. The maximum atomic E-state index is 12.9. The molecule has 0 aliphatic rings. The number of carbonyl (C=O) groups is 1. The fourth-order valence-electron chi connectivity index (χ4n) is 2.83. The van der Waals surface area contributed by atoms with Gasteiger partial charge in [-0.3, -0.25) is 9.36 Å². The van der Waals surface area contributed by atoms with Crippen LogP contribution in [0.1, 0.15) is 28.9 Å². The van der Waals surface area contributed by atoms with E-state index in [1.807, 2.05) is 18.2 Å². The van der Waals surface area contributed by atoms with Gasteiger partial charge in [0, 0.05) is 0 Å². The fourth-order valence-corrected chi connectivity index (χ4v) is 2.83. The van der Waals surface area contributed by atoms with Crippen molar-refractivity contribution in [3.8, 4) is 0 Å². The minimum Gasteiger partial charge on any atom is -0.462 e. The number of rotatable bonds is 4. The summed E-state index contributed by atoms with van der Waals surface area (Å²) in [6.07, 6.45) is 1.34. The molecule has 3 aromatic heterocycles. The third-order valence-electron chi connectivity index (χ3n) is 3.98. The van der Waals surface area contributed by atoms with E-state index in [0.29, 0.717) is 22.8 Å². The second-order valence-electron chi connectivity index (χ2n) is 5.69. The molecule has 0 aliphatic carbocycles. The van der Waals surface area contributed by atoms with E-state index in [-0.39, 0.29) is 29.8 Å². The van der Waals surface area contributed by atoms with Crippen LogP contribution in [0.25, 0.3) is 22.2 Å². The van der Waals surface area contributed by atoms with E-state index in [9.17, 15) is 9.59 Å². The van der Waals surface area contributed by atoms with Gasteiger partial charge in [-0.2, -0.15) is 0 Å². The van der Waals surface area contributed by atoms with Gasteiger partial charge in [-0.15, -0.1) is 0 Å². The first-order valence-electron chi connectivity index (χ1n) is 8.08. The smallest absolute Gasteiger partial charge is 0.342 e. The number of hydrogen-bond donors (Lipinski definition) is 0. The van der Waals surface area contributed by atoms with Gasteiger partial charge in [0.15, 0.2) is 5.58 Å². The average Bonchev–Trinajstić information content (AvgIpc) is 3.17. The summed E-state index contributed by atoms with van der Waals surface area (Å²) in [7, 11) is 0. The molecule has 26 heavy (non-hydrogen) atoms. The number of furan rings is 1. The number of aromatic nitrogens is 3. The van der Waals surface area contributed by atoms with Gasteiger partial charge in [-0.05, 0) is 26.0 Å². The van der Waals surface area contributed by atoms with Crippen LogP contribution >= 0.6 is 0 Å². The molecule has 132 valence electrons. The molecule has 8 nitrogen and oxygen atoms in total. The van der Waals surface area contributed by atoms with Crippen molar-refractivity contribution >= 4 is 28.2 Å². The van der Waals surface area contributed by atoms with Gasteiger partial charge in [0.25, 0.3) is 5.56 Å². The molecule has 0 aliphatic heterocycles. The van der Waals surface area contributed by atoms with Crippen molar-refractivity contribution in [2.75, 3.05) is 6.61 Å². The van der Waals surface area contributed by atoms with Gasteiger partial charge in [0.2, 0.25) is 11.6 Å². The maximum Gasteiger partial charge on any atom is 0.342 e. The lowest BCUT2D eigenvalue weighted by Crippen LogP contribution is -2.22. The van der Waals surface area contributed by atoms with Crippen LogP contribution in [0.15, 0.2) is 44.2 Å². The Morgan fingerprint density at radius 2 is 2.08 bits per heavy atom. The highest BCUT2D eigenvalue weighted by Crippen LogP contribution is 2.22. The Kier molecular flexibility index (Phi) is 3.80. The predicted octanol–water partition coefficient (Wildman–Crippen LogP) is 2.66. The van der Waals surface area contributed by atoms with E-state index >= 15 is 0 Å². The molecular weight excluding hydrogens is 338 g/mol. The van der Waals surface area contributed by atoms with Crippen molar-refractivity contribution < 1.29 is 18.4 Å². The lowest BCUT2D eigenvalue weighted by atomic mass is 10.2. The van der Waals surface area contributed by atoms with E-state index in [0.717, 1.165) is 0 Å². The van der Waals surface area contributed by atoms with Crippen molar-refractivity contribution in [1.29, 1.82) is 0 Å². The number of fused-ring (bicyclic) bond motifs is 2. The van der Waals surface area contributed by atoms with Crippen molar-refractivity contribution in [2.24, 2.45) is 0 Å². The van der Waals surface area contributed by atoms with Crippen LogP contribution in [0.4, 0.5) is 0 Å². The number of ether oxygens (including phenoxy) is 1. The largest absolute Gasteiger partial charge is 0.462 e. The summed E-state index contributed by atoms with van der Waals surface area (Å²) in [6.45, 7) is 3.57. The second kappa shape index (κ2) is 6.14. The quantitative estimate of drug-likeness (QED) is 0.520. The minimum absolute atomic E-state index is 0.0863. The van der Waals surface area contributed by atoms with E-state index in [1.165, 1.54) is 10.9 Å². The number of hydrogen-bond acceptors (Lipinski definition) is 7. The predicted molar refractivity (Wildman–Crippen MR) is 92.1 cm³/mol. The first-order chi connectivity index (χ1) is 12.6. The van der Waals surface area contributed by atoms with Crippen LogP contribution in [0.2, 0.25) is 0 Å². The third-order valence-corrected chi connectivity index (χ3v) is 3.98. The molecule has 3 heterocycles. The molecule has 0 unspecified atom stereocenters. The Morgan fingerprint density at radius 3 is 2.85 bits per heavy atom. The number of oxazole rings is 1. The van der Waals surface area contributed by atoms with Crippen molar-refractivity contribution in [2.45, 2.75) is 20.4 Å². The SMILES string of the molecule is CCOC(=O)c1c(C)oc2ncn(Cc3nc4ccccc4o3)c(=O)c12. The zero-order chi connectivity index (χ0) is 18.3. The lowest BCUT2D eigenvalue weighted by Gasteiger charge is -2.03. The standard InChI is InChI=1S/C18H15N3O5/c1-3-24-18(23)14-10(2)25-16-15(14)17(22)21(9-19-16)8-13-20-11-6-4-5-7-12(11)26-13/h4-7,9H,3,8H2,1-2H3. The first kappa shape index (κ1) is 16.1. The van der Waals surface area contributed by atoms with E-state index in [4.69, 9.17) is 13.6 Å². The Labute approximate surface area is 147 Å². The highest BCUT2D eigenvalue weighted by molar-refractivity contribution is 6.03. The Balaban J connectivity index is 1.81. The van der Waals surface area contributed by atoms with Crippen LogP contribution in [0.5, 0.6) is 0 Å². The molecular formula is C18H15N3O5. The summed E-state index contributed by atoms with van der Waals surface area (Å²) in [5.41, 5.74) is 1.12. The van der Waals surface area contributed by atoms with E-state index in [2.05, 4.69) is 9.97 Å². The van der Waals surface area contributed by atoms with Crippen LogP contribution < -0.4 is 5.56 Å². The molecule has 4 rings (SSSR count). The Hall–Kier alpha value is -3.42. The fraction of sp³-hybridized carbons (Fsp3) is 0.222. The molecule has 4 aromatic rings. The second-order valence-corrected chi connectivity index (χ2v) is 5.69. The van der Waals surface area contributed by atoms with Crippen molar-refractivity contribution in [3.05, 3.63) is 58.2 Å². The molecule has 0 spiro atoms. The van der Waals surface area contributed by atoms with Gasteiger partial charge < -0.3 is 13.6 Å². The molecule has 0 radical (unpaired) electrons. The first-order valence-corrected chi connectivity index (χ1v) is 8.08. The molecule has 8 heteroatoms. The Bertz CT molecular complexity index is 1150. The number of esters is 1. The number of carbonyl (C=O) groups excluding carboxylic acids is 1. The number of aryl methyl sites for hydroxylation is 1. The summed E-state index contributed by atoms with van der Waals surface area (Å²) in [4.78, 5) is 33.6. The van der Waals surface area contributed by atoms with Crippen LogP contribution in [0, 0.1) is 6.92 Å². The topological polar surface area (TPSA) is 100 Å². The zero-order valence-electron chi connectivity index (χ0n) is 14.2. The van der Waals surface area contributed by atoms with Crippen LogP contribution in [0.3, 0.4) is 0 Å². The van der Waals surface area contributed by atoms with Gasteiger partial charge in [0.1, 0.15) is 35.1 Å². The molecule has 0 saturated heterocycles. The summed E-state index contributed by atoms with van der Waals surface area (Å²) in [5, 5.41) is 0.0968. The monoisotopic (exact) mass is 353 g/mol. The third kappa shape index (κ3) is 2.55. The van der Waals surface area contributed by atoms with Gasteiger partial charge >= 0.3 is 5.97 Å². The van der Waals surface area contributed by atoms with Gasteiger partial charge in [0.05, 0.1) is 6.61 Å². The molecule has 0 fully saturated rings.